The van der Waals surface area contributed by atoms with E-state index >= 15 is 0 Å². The quantitative estimate of drug-likeness (QED) is 0.865. The number of hydrogen-bond donors (Lipinski definition) is 1. The monoisotopic (exact) mass is 283 g/mol. The van der Waals surface area contributed by atoms with Gasteiger partial charge in [0.15, 0.2) is 9.84 Å². The predicted octanol–water partition coefficient (Wildman–Crippen LogP) is 1.84. The van der Waals surface area contributed by atoms with E-state index < -0.39 is 9.84 Å². The third-order valence-electron chi connectivity index (χ3n) is 3.42. The van der Waals surface area contributed by atoms with Crippen LogP contribution in [0.4, 0.5) is 0 Å². The lowest BCUT2D eigenvalue weighted by molar-refractivity contribution is 0.340. The van der Waals surface area contributed by atoms with Crippen molar-refractivity contribution in [1.82, 2.24) is 0 Å². The van der Waals surface area contributed by atoms with E-state index in [0.29, 0.717) is 6.42 Å². The summed E-state index contributed by atoms with van der Waals surface area (Å²) in [5, 5.41) is 0. The van der Waals surface area contributed by atoms with Gasteiger partial charge in [-0.05, 0) is 42.5 Å². The fraction of sp³-hybridized carbons (Fsp3) is 0.571. The smallest absolute Gasteiger partial charge is 0.153 e. The molecule has 0 heterocycles. The molecule has 2 rings (SSSR count). The number of hydrogen-bond acceptors (Lipinski definition) is 4. The van der Waals surface area contributed by atoms with Crippen LogP contribution in [0.15, 0.2) is 18.2 Å². The second-order valence-corrected chi connectivity index (χ2v) is 7.31. The highest BCUT2D eigenvalue weighted by atomic mass is 32.2. The van der Waals surface area contributed by atoms with E-state index in [1.807, 2.05) is 25.1 Å². The maximum Gasteiger partial charge on any atom is 0.153 e. The van der Waals surface area contributed by atoms with Crippen LogP contribution in [0.1, 0.15) is 36.9 Å². The van der Waals surface area contributed by atoms with Crippen molar-refractivity contribution in [3.8, 4) is 5.75 Å². The van der Waals surface area contributed by atoms with Crippen molar-refractivity contribution in [1.29, 1.82) is 0 Å². The number of sulfone groups is 1. The predicted molar refractivity (Wildman–Crippen MR) is 76.1 cm³/mol. The zero-order valence-corrected chi connectivity index (χ0v) is 12.1. The molecule has 0 saturated heterocycles. The van der Waals surface area contributed by atoms with Crippen molar-refractivity contribution in [2.24, 2.45) is 5.73 Å². The molecule has 19 heavy (non-hydrogen) atoms. The fourth-order valence-corrected chi connectivity index (χ4v) is 3.58. The lowest BCUT2D eigenvalue weighted by atomic mass is 10.1. The standard InChI is InChI=1S/C14H21NO3S/c1-2-8-19(16,17)9-7-18-12-4-5-13-11(10-12)3-6-14(13)15/h4-5,10,14H,2-3,6-9,15H2,1H3/t14-/m0/s1. The van der Waals surface area contributed by atoms with Crippen LogP contribution in [0.25, 0.3) is 0 Å². The number of aryl methyl sites for hydroxylation is 1. The van der Waals surface area contributed by atoms with E-state index in [1.165, 1.54) is 11.1 Å². The zero-order chi connectivity index (χ0) is 13.9. The molecule has 1 aliphatic carbocycles. The molecule has 0 bridgehead atoms. The van der Waals surface area contributed by atoms with Crippen LogP contribution in [-0.2, 0) is 16.3 Å². The summed E-state index contributed by atoms with van der Waals surface area (Å²) >= 11 is 0. The van der Waals surface area contributed by atoms with Crippen LogP contribution in [0.3, 0.4) is 0 Å². The maximum atomic E-state index is 11.6. The molecule has 1 aliphatic rings. The van der Waals surface area contributed by atoms with Crippen molar-refractivity contribution in [2.45, 2.75) is 32.2 Å². The Morgan fingerprint density at radius 2 is 2.16 bits per heavy atom. The van der Waals surface area contributed by atoms with Crippen LogP contribution in [-0.4, -0.2) is 26.5 Å². The molecule has 1 atom stereocenters. The molecule has 1 aromatic rings. The molecule has 4 nitrogen and oxygen atoms in total. The van der Waals surface area contributed by atoms with Gasteiger partial charge in [0.25, 0.3) is 0 Å². The first kappa shape index (κ1) is 14.3. The Kier molecular flexibility index (Phi) is 4.47. The Bertz CT molecular complexity index is 540. The minimum Gasteiger partial charge on any atom is -0.493 e. The lowest BCUT2D eigenvalue weighted by Gasteiger charge is -2.09. The summed E-state index contributed by atoms with van der Waals surface area (Å²) in [7, 11) is -2.97. The summed E-state index contributed by atoms with van der Waals surface area (Å²) < 4.78 is 28.6. The minimum atomic E-state index is -2.97. The van der Waals surface area contributed by atoms with Gasteiger partial charge in [0.05, 0.1) is 11.5 Å². The molecule has 0 saturated carbocycles. The minimum absolute atomic E-state index is 0.0808. The molecule has 0 radical (unpaired) electrons. The van der Waals surface area contributed by atoms with Gasteiger partial charge in [0.1, 0.15) is 12.4 Å². The molecule has 0 amide bonds. The Morgan fingerprint density at radius 3 is 2.89 bits per heavy atom. The first-order chi connectivity index (χ1) is 9.02. The van der Waals surface area contributed by atoms with E-state index in [9.17, 15) is 8.42 Å². The molecule has 0 aromatic heterocycles. The second-order valence-electron chi connectivity index (χ2n) is 5.01. The number of nitrogens with two attached hydrogens (primary N) is 1. The fourth-order valence-electron chi connectivity index (χ4n) is 2.42. The van der Waals surface area contributed by atoms with Crippen molar-refractivity contribution >= 4 is 9.84 Å². The Hall–Kier alpha value is -1.07. The molecule has 0 unspecified atom stereocenters. The molecule has 0 aliphatic heterocycles. The van der Waals surface area contributed by atoms with E-state index in [-0.39, 0.29) is 24.2 Å². The normalized spacial score (nSPS) is 18.3. The van der Waals surface area contributed by atoms with Gasteiger partial charge < -0.3 is 10.5 Å². The van der Waals surface area contributed by atoms with Crippen molar-refractivity contribution in [3.63, 3.8) is 0 Å². The van der Waals surface area contributed by atoms with Gasteiger partial charge in [-0.25, -0.2) is 8.42 Å². The molecular formula is C14H21NO3S. The average molecular weight is 283 g/mol. The van der Waals surface area contributed by atoms with Crippen molar-refractivity contribution in [2.75, 3.05) is 18.1 Å². The third kappa shape index (κ3) is 3.70. The van der Waals surface area contributed by atoms with Crippen LogP contribution >= 0.6 is 0 Å². The third-order valence-corrected chi connectivity index (χ3v) is 5.24. The van der Waals surface area contributed by atoms with Gasteiger partial charge in [-0.3, -0.25) is 0 Å². The van der Waals surface area contributed by atoms with Crippen LogP contribution < -0.4 is 10.5 Å². The highest BCUT2D eigenvalue weighted by molar-refractivity contribution is 7.91. The number of ether oxygens (including phenoxy) is 1. The summed E-state index contributed by atoms with van der Waals surface area (Å²) in [6.45, 7) is 2.08. The largest absolute Gasteiger partial charge is 0.493 e. The number of rotatable bonds is 6. The van der Waals surface area contributed by atoms with Gasteiger partial charge in [-0.1, -0.05) is 13.0 Å². The highest BCUT2D eigenvalue weighted by Gasteiger charge is 2.19. The molecular weight excluding hydrogens is 262 g/mol. The molecule has 106 valence electrons. The second kappa shape index (κ2) is 5.92. The van der Waals surface area contributed by atoms with E-state index in [0.717, 1.165) is 18.6 Å². The van der Waals surface area contributed by atoms with Gasteiger partial charge in [-0.15, -0.1) is 0 Å². The molecule has 2 N–H and O–H groups in total. The number of benzene rings is 1. The van der Waals surface area contributed by atoms with E-state index in [1.54, 1.807) is 0 Å². The summed E-state index contributed by atoms with van der Waals surface area (Å²) in [4.78, 5) is 0. The summed E-state index contributed by atoms with van der Waals surface area (Å²) in [6, 6.07) is 5.97. The first-order valence-corrected chi connectivity index (χ1v) is 8.55. The molecule has 5 heteroatoms. The first-order valence-electron chi connectivity index (χ1n) is 6.73. The molecule has 0 fully saturated rings. The van der Waals surface area contributed by atoms with Crippen LogP contribution in [0.5, 0.6) is 5.75 Å². The molecule has 1 aromatic carbocycles. The molecule has 0 spiro atoms. The summed E-state index contributed by atoms with van der Waals surface area (Å²) in [5.41, 5.74) is 8.38. The van der Waals surface area contributed by atoms with Gasteiger partial charge >= 0.3 is 0 Å². The van der Waals surface area contributed by atoms with Crippen molar-refractivity contribution < 1.29 is 13.2 Å². The van der Waals surface area contributed by atoms with Gasteiger partial charge in [0, 0.05) is 6.04 Å². The highest BCUT2D eigenvalue weighted by Crippen LogP contribution is 2.31. The average Bonchev–Trinajstić information content (AvgIpc) is 2.70. The van der Waals surface area contributed by atoms with Crippen LogP contribution in [0.2, 0.25) is 0 Å². The maximum absolute atomic E-state index is 11.6. The van der Waals surface area contributed by atoms with E-state index in [4.69, 9.17) is 10.5 Å². The summed E-state index contributed by atoms with van der Waals surface area (Å²) in [6.07, 6.45) is 2.60. The van der Waals surface area contributed by atoms with Gasteiger partial charge in [-0.2, -0.15) is 0 Å². The Balaban J connectivity index is 1.91. The Morgan fingerprint density at radius 1 is 1.37 bits per heavy atom. The van der Waals surface area contributed by atoms with Crippen molar-refractivity contribution in [3.05, 3.63) is 29.3 Å². The van der Waals surface area contributed by atoms with Gasteiger partial charge in [0.2, 0.25) is 0 Å². The number of fused-ring (bicyclic) bond motifs is 1. The SMILES string of the molecule is CCCS(=O)(=O)CCOc1ccc2c(c1)CC[C@@H]2N. The lowest BCUT2D eigenvalue weighted by Crippen LogP contribution is -2.16. The zero-order valence-electron chi connectivity index (χ0n) is 11.3. The van der Waals surface area contributed by atoms with Crippen LogP contribution in [0, 0.1) is 0 Å². The topological polar surface area (TPSA) is 69.4 Å². The summed E-state index contributed by atoms with van der Waals surface area (Å²) in [5.74, 6) is 1.05. The Labute approximate surface area is 114 Å². The van der Waals surface area contributed by atoms with E-state index in [2.05, 4.69) is 0 Å².